The van der Waals surface area contributed by atoms with Crippen LogP contribution in [0, 0.1) is 0 Å². The van der Waals surface area contributed by atoms with Crippen LogP contribution in [0.2, 0.25) is 0 Å². The maximum atomic E-state index is 11.2. The van der Waals surface area contributed by atoms with E-state index < -0.39 is 12.0 Å². The molecule has 0 saturated carbocycles. The van der Waals surface area contributed by atoms with Gasteiger partial charge in [-0.15, -0.1) is 0 Å². The quantitative estimate of drug-likeness (QED) is 0.767. The third kappa shape index (κ3) is 3.10. The lowest BCUT2D eigenvalue weighted by molar-refractivity contribution is -0.124. The SMILES string of the molecule is CCC(Oc1c(CN)cccc1OC)C(N)=O. The molecule has 0 fully saturated rings. The van der Waals surface area contributed by atoms with E-state index in [9.17, 15) is 4.79 Å². The van der Waals surface area contributed by atoms with Crippen LogP contribution in [-0.2, 0) is 11.3 Å². The van der Waals surface area contributed by atoms with Crippen molar-refractivity contribution >= 4 is 5.91 Å². The van der Waals surface area contributed by atoms with Gasteiger partial charge in [0.05, 0.1) is 7.11 Å². The Morgan fingerprint density at radius 1 is 1.47 bits per heavy atom. The van der Waals surface area contributed by atoms with E-state index in [-0.39, 0.29) is 0 Å². The van der Waals surface area contributed by atoms with Crippen LogP contribution >= 0.6 is 0 Å². The molecule has 0 bridgehead atoms. The zero-order valence-corrected chi connectivity index (χ0v) is 10.1. The number of carbonyl (C=O) groups is 1. The molecule has 0 aliphatic heterocycles. The molecule has 5 heteroatoms. The van der Waals surface area contributed by atoms with Gasteiger partial charge in [0.1, 0.15) is 0 Å². The second-order valence-electron chi connectivity index (χ2n) is 3.57. The summed E-state index contributed by atoms with van der Waals surface area (Å²) in [5, 5.41) is 0. The van der Waals surface area contributed by atoms with Gasteiger partial charge in [0, 0.05) is 12.1 Å². The van der Waals surface area contributed by atoms with Gasteiger partial charge in [0.15, 0.2) is 17.6 Å². The number of methoxy groups -OCH3 is 1. The van der Waals surface area contributed by atoms with E-state index in [1.165, 1.54) is 7.11 Å². The molecule has 0 spiro atoms. The van der Waals surface area contributed by atoms with E-state index in [0.717, 1.165) is 5.56 Å². The van der Waals surface area contributed by atoms with E-state index >= 15 is 0 Å². The summed E-state index contributed by atoms with van der Waals surface area (Å²) in [4.78, 5) is 11.2. The number of carbonyl (C=O) groups excluding carboxylic acids is 1. The van der Waals surface area contributed by atoms with Crippen molar-refractivity contribution in [2.45, 2.75) is 26.0 Å². The number of hydrogen-bond donors (Lipinski definition) is 2. The third-order valence-corrected chi connectivity index (χ3v) is 2.45. The summed E-state index contributed by atoms with van der Waals surface area (Å²) >= 11 is 0. The lowest BCUT2D eigenvalue weighted by Crippen LogP contribution is -2.33. The molecule has 1 atom stereocenters. The van der Waals surface area contributed by atoms with Crippen LogP contribution in [-0.4, -0.2) is 19.1 Å². The fourth-order valence-electron chi connectivity index (χ4n) is 1.50. The number of ether oxygens (including phenoxy) is 2. The number of benzene rings is 1. The number of hydrogen-bond acceptors (Lipinski definition) is 4. The van der Waals surface area contributed by atoms with Gasteiger partial charge in [-0.3, -0.25) is 4.79 Å². The second-order valence-corrected chi connectivity index (χ2v) is 3.57. The van der Waals surface area contributed by atoms with Crippen LogP contribution in [0.15, 0.2) is 18.2 Å². The highest BCUT2D eigenvalue weighted by molar-refractivity contribution is 5.79. The molecule has 0 radical (unpaired) electrons. The first-order valence-electron chi connectivity index (χ1n) is 5.45. The van der Waals surface area contributed by atoms with Crippen molar-refractivity contribution < 1.29 is 14.3 Å². The van der Waals surface area contributed by atoms with Crippen LogP contribution in [0.3, 0.4) is 0 Å². The smallest absolute Gasteiger partial charge is 0.258 e. The summed E-state index contributed by atoms with van der Waals surface area (Å²) < 4.78 is 10.8. The molecule has 0 aliphatic rings. The first-order valence-corrected chi connectivity index (χ1v) is 5.45. The highest BCUT2D eigenvalue weighted by Gasteiger charge is 2.19. The van der Waals surface area contributed by atoms with Gasteiger partial charge < -0.3 is 20.9 Å². The van der Waals surface area contributed by atoms with Gasteiger partial charge in [-0.25, -0.2) is 0 Å². The summed E-state index contributed by atoms with van der Waals surface area (Å²) in [6.45, 7) is 2.13. The lowest BCUT2D eigenvalue weighted by Gasteiger charge is -2.18. The number of para-hydroxylation sites is 1. The van der Waals surface area contributed by atoms with Gasteiger partial charge >= 0.3 is 0 Å². The molecule has 0 saturated heterocycles. The summed E-state index contributed by atoms with van der Waals surface area (Å²) in [6.07, 6.45) is -0.172. The number of nitrogens with two attached hydrogens (primary N) is 2. The van der Waals surface area contributed by atoms with Crippen LogP contribution in [0.1, 0.15) is 18.9 Å². The average molecular weight is 238 g/mol. The number of rotatable bonds is 6. The van der Waals surface area contributed by atoms with Crippen molar-refractivity contribution in [1.82, 2.24) is 0 Å². The van der Waals surface area contributed by atoms with Gasteiger partial charge in [0.2, 0.25) is 0 Å². The van der Waals surface area contributed by atoms with Crippen LogP contribution in [0.5, 0.6) is 11.5 Å². The topological polar surface area (TPSA) is 87.6 Å². The molecule has 0 aliphatic carbocycles. The minimum absolute atomic E-state index is 0.307. The fourth-order valence-corrected chi connectivity index (χ4v) is 1.50. The zero-order chi connectivity index (χ0) is 12.8. The predicted octanol–water partition coefficient (Wildman–Crippen LogP) is 0.797. The molecule has 1 unspecified atom stereocenters. The molecule has 0 heterocycles. The van der Waals surface area contributed by atoms with Gasteiger partial charge in [-0.05, 0) is 12.5 Å². The zero-order valence-electron chi connectivity index (χ0n) is 10.1. The standard InChI is InChI=1S/C12H18N2O3/c1-3-9(12(14)15)17-11-8(7-13)5-4-6-10(11)16-2/h4-6,9H,3,7,13H2,1-2H3,(H2,14,15). The molecule has 5 nitrogen and oxygen atoms in total. The Balaban J connectivity index is 3.05. The highest BCUT2D eigenvalue weighted by Crippen LogP contribution is 2.31. The summed E-state index contributed by atoms with van der Waals surface area (Å²) in [7, 11) is 1.54. The van der Waals surface area contributed by atoms with E-state index in [1.54, 1.807) is 6.07 Å². The van der Waals surface area contributed by atoms with Crippen molar-refractivity contribution in [3.8, 4) is 11.5 Å². The monoisotopic (exact) mass is 238 g/mol. The van der Waals surface area contributed by atoms with Crippen LogP contribution in [0.25, 0.3) is 0 Å². The average Bonchev–Trinajstić information content (AvgIpc) is 2.35. The molecule has 1 aromatic carbocycles. The molecule has 17 heavy (non-hydrogen) atoms. The molecule has 1 rings (SSSR count). The second kappa shape index (κ2) is 6.10. The third-order valence-electron chi connectivity index (χ3n) is 2.45. The molecule has 4 N–H and O–H groups in total. The Morgan fingerprint density at radius 2 is 2.18 bits per heavy atom. The van der Waals surface area contributed by atoms with Crippen LogP contribution < -0.4 is 20.9 Å². The first-order chi connectivity index (χ1) is 8.13. The highest BCUT2D eigenvalue weighted by atomic mass is 16.5. The summed E-state index contributed by atoms with van der Waals surface area (Å²) in [5.74, 6) is 0.539. The maximum absolute atomic E-state index is 11.2. The normalized spacial score (nSPS) is 11.9. The first kappa shape index (κ1) is 13.3. The largest absolute Gasteiger partial charge is 0.493 e. The lowest BCUT2D eigenvalue weighted by atomic mass is 10.1. The number of amides is 1. The van der Waals surface area contributed by atoms with Crippen LogP contribution in [0.4, 0.5) is 0 Å². The van der Waals surface area contributed by atoms with E-state index in [2.05, 4.69) is 0 Å². The maximum Gasteiger partial charge on any atom is 0.258 e. The predicted molar refractivity (Wildman–Crippen MR) is 64.8 cm³/mol. The van der Waals surface area contributed by atoms with Gasteiger partial charge in [-0.2, -0.15) is 0 Å². The molecular weight excluding hydrogens is 220 g/mol. The Kier molecular flexibility index (Phi) is 4.78. The molecule has 94 valence electrons. The molecular formula is C12H18N2O3. The van der Waals surface area contributed by atoms with Crippen molar-refractivity contribution in [2.24, 2.45) is 11.5 Å². The van der Waals surface area contributed by atoms with Crippen molar-refractivity contribution in [3.63, 3.8) is 0 Å². The summed E-state index contributed by atoms with van der Waals surface area (Å²) in [6, 6.07) is 5.40. The summed E-state index contributed by atoms with van der Waals surface area (Å²) in [5.41, 5.74) is 11.6. The van der Waals surface area contributed by atoms with Gasteiger partial charge in [0.25, 0.3) is 5.91 Å². The minimum Gasteiger partial charge on any atom is -0.493 e. The Bertz CT molecular complexity index is 371. The Labute approximate surface area is 101 Å². The van der Waals surface area contributed by atoms with Crippen molar-refractivity contribution in [1.29, 1.82) is 0 Å². The van der Waals surface area contributed by atoms with E-state index in [0.29, 0.717) is 24.5 Å². The van der Waals surface area contributed by atoms with E-state index in [1.807, 2.05) is 19.1 Å². The minimum atomic E-state index is -0.670. The number of primary amides is 1. The van der Waals surface area contributed by atoms with E-state index in [4.69, 9.17) is 20.9 Å². The molecule has 1 aromatic rings. The molecule has 1 amide bonds. The van der Waals surface area contributed by atoms with Crippen molar-refractivity contribution in [3.05, 3.63) is 23.8 Å². The fraction of sp³-hybridized carbons (Fsp3) is 0.417. The van der Waals surface area contributed by atoms with Crippen molar-refractivity contribution in [2.75, 3.05) is 7.11 Å². The Morgan fingerprint density at radius 3 is 2.65 bits per heavy atom. The molecule has 0 aromatic heterocycles. The van der Waals surface area contributed by atoms with Gasteiger partial charge in [-0.1, -0.05) is 19.1 Å². The Hall–Kier alpha value is -1.75.